The van der Waals surface area contributed by atoms with Crippen LogP contribution in [0.25, 0.3) is 10.9 Å². The summed E-state index contributed by atoms with van der Waals surface area (Å²) in [5, 5.41) is 13.6. The predicted molar refractivity (Wildman–Crippen MR) is 145 cm³/mol. The maximum Gasteiger partial charge on any atom is 0.228 e. The molecule has 1 aromatic heterocycles. The quantitative estimate of drug-likeness (QED) is 0.388. The van der Waals surface area contributed by atoms with Crippen molar-refractivity contribution in [1.82, 2.24) is 15.3 Å². The zero-order valence-electron chi connectivity index (χ0n) is 21.4. The van der Waals surface area contributed by atoms with Crippen molar-refractivity contribution in [2.24, 2.45) is 5.92 Å². The van der Waals surface area contributed by atoms with Gasteiger partial charge in [-0.3, -0.25) is 0 Å². The molecule has 190 valence electrons. The van der Waals surface area contributed by atoms with E-state index in [-0.39, 0.29) is 11.5 Å². The molecule has 4 N–H and O–H groups in total. The number of fused-ring (bicyclic) bond motifs is 1. The molecule has 2 fully saturated rings. The lowest BCUT2D eigenvalue weighted by Gasteiger charge is -2.48. The third kappa shape index (κ3) is 4.46. The first-order chi connectivity index (χ1) is 17.5. The van der Waals surface area contributed by atoms with Crippen molar-refractivity contribution in [3.63, 3.8) is 0 Å². The van der Waals surface area contributed by atoms with Gasteiger partial charge in [-0.1, -0.05) is 30.3 Å². The Morgan fingerprint density at radius 2 is 1.78 bits per heavy atom. The topological polar surface area (TPSA) is 109 Å². The van der Waals surface area contributed by atoms with Gasteiger partial charge in [0.05, 0.1) is 25.8 Å². The lowest BCUT2D eigenvalue weighted by atomic mass is 9.65. The van der Waals surface area contributed by atoms with E-state index in [2.05, 4.69) is 40.5 Å². The van der Waals surface area contributed by atoms with Crippen molar-refractivity contribution in [3.8, 4) is 11.5 Å². The Hall–Kier alpha value is -3.39. The molecule has 1 atom stereocenters. The summed E-state index contributed by atoms with van der Waals surface area (Å²) in [5.41, 5.74) is 8.94. The number of likely N-dealkylation sites (N-methyl/N-ethyl adjacent to an activating group) is 1. The minimum atomic E-state index is -0.224. The molecule has 0 bridgehead atoms. The fourth-order valence-corrected chi connectivity index (χ4v) is 5.79. The van der Waals surface area contributed by atoms with E-state index < -0.39 is 0 Å². The van der Waals surface area contributed by atoms with E-state index in [4.69, 9.17) is 25.2 Å². The SMILES string of the molecule is COc1cc2nc(N(C)C(C(=N)CC3CC3)C3(c4ccccc4)CCNCC3)nc(N)c2cc1OC. The van der Waals surface area contributed by atoms with E-state index in [9.17, 15) is 5.41 Å². The first-order valence-electron chi connectivity index (χ1n) is 12.7. The van der Waals surface area contributed by atoms with Crippen LogP contribution in [-0.2, 0) is 5.41 Å². The maximum absolute atomic E-state index is 9.36. The minimum absolute atomic E-state index is 0.181. The van der Waals surface area contributed by atoms with Crippen LogP contribution in [0.1, 0.15) is 37.7 Å². The third-order valence-electron chi connectivity index (χ3n) is 7.82. The van der Waals surface area contributed by atoms with Gasteiger partial charge in [-0.25, -0.2) is 4.98 Å². The average Bonchev–Trinajstić information content (AvgIpc) is 3.73. The van der Waals surface area contributed by atoms with Gasteiger partial charge in [0.1, 0.15) is 5.82 Å². The summed E-state index contributed by atoms with van der Waals surface area (Å²) in [6.45, 7) is 1.82. The van der Waals surface area contributed by atoms with Crippen LogP contribution in [0, 0.1) is 11.3 Å². The van der Waals surface area contributed by atoms with Crippen LogP contribution in [0.5, 0.6) is 11.5 Å². The van der Waals surface area contributed by atoms with Crippen molar-refractivity contribution in [2.45, 2.75) is 43.6 Å². The highest BCUT2D eigenvalue weighted by Crippen LogP contribution is 2.43. The van der Waals surface area contributed by atoms with Gasteiger partial charge in [-0.2, -0.15) is 4.98 Å². The van der Waals surface area contributed by atoms with Crippen molar-refractivity contribution in [2.75, 3.05) is 45.0 Å². The Balaban J connectivity index is 1.63. The van der Waals surface area contributed by atoms with Crippen LogP contribution in [0.4, 0.5) is 11.8 Å². The van der Waals surface area contributed by atoms with Crippen LogP contribution in [-0.4, -0.2) is 56.1 Å². The molecule has 8 nitrogen and oxygen atoms in total. The van der Waals surface area contributed by atoms with Crippen molar-refractivity contribution in [3.05, 3.63) is 48.0 Å². The Morgan fingerprint density at radius 3 is 2.42 bits per heavy atom. The van der Waals surface area contributed by atoms with Crippen LogP contribution in [0.3, 0.4) is 0 Å². The summed E-state index contributed by atoms with van der Waals surface area (Å²) in [6.07, 6.45) is 5.10. The number of aromatic nitrogens is 2. The third-order valence-corrected chi connectivity index (χ3v) is 7.82. The molecule has 3 aromatic rings. The van der Waals surface area contributed by atoms with E-state index in [1.807, 2.05) is 19.2 Å². The average molecular weight is 489 g/mol. The fraction of sp³-hybridized carbons (Fsp3) is 0.464. The van der Waals surface area contributed by atoms with Crippen LogP contribution < -0.4 is 25.4 Å². The van der Waals surface area contributed by atoms with Crippen molar-refractivity contribution < 1.29 is 9.47 Å². The second-order valence-corrected chi connectivity index (χ2v) is 10.1. The van der Waals surface area contributed by atoms with E-state index in [0.29, 0.717) is 40.1 Å². The first-order valence-corrected chi connectivity index (χ1v) is 12.7. The zero-order valence-corrected chi connectivity index (χ0v) is 21.4. The summed E-state index contributed by atoms with van der Waals surface area (Å²) in [5.74, 6) is 2.69. The molecule has 0 radical (unpaired) electrons. The molecule has 1 saturated carbocycles. The Morgan fingerprint density at radius 1 is 1.11 bits per heavy atom. The van der Waals surface area contributed by atoms with Crippen LogP contribution in [0.15, 0.2) is 42.5 Å². The van der Waals surface area contributed by atoms with Crippen LogP contribution in [0.2, 0.25) is 0 Å². The number of nitrogens with two attached hydrogens (primary N) is 1. The Kier molecular flexibility index (Phi) is 6.71. The lowest BCUT2D eigenvalue weighted by Crippen LogP contribution is -2.58. The van der Waals surface area contributed by atoms with E-state index in [1.54, 1.807) is 14.2 Å². The number of anilines is 2. The predicted octanol–water partition coefficient (Wildman–Crippen LogP) is 4.18. The Bertz CT molecular complexity index is 1240. The zero-order chi connectivity index (χ0) is 25.3. The van der Waals surface area contributed by atoms with Gasteiger partial charge in [0.2, 0.25) is 5.95 Å². The highest BCUT2D eigenvalue weighted by atomic mass is 16.5. The summed E-state index contributed by atoms with van der Waals surface area (Å²) in [4.78, 5) is 11.8. The molecule has 5 rings (SSSR count). The lowest BCUT2D eigenvalue weighted by molar-refractivity contribution is 0.282. The van der Waals surface area contributed by atoms with E-state index in [0.717, 1.165) is 38.1 Å². The monoisotopic (exact) mass is 488 g/mol. The number of ether oxygens (including phenoxy) is 2. The molecule has 1 aliphatic carbocycles. The molecule has 1 saturated heterocycles. The number of piperidine rings is 1. The highest BCUT2D eigenvalue weighted by molar-refractivity contribution is 5.94. The molecule has 1 aliphatic heterocycles. The minimum Gasteiger partial charge on any atom is -0.493 e. The first kappa shape index (κ1) is 24.3. The van der Waals surface area contributed by atoms with Gasteiger partial charge in [-0.05, 0) is 62.7 Å². The van der Waals surface area contributed by atoms with Crippen molar-refractivity contribution in [1.29, 1.82) is 5.41 Å². The number of hydrogen-bond donors (Lipinski definition) is 3. The second-order valence-electron chi connectivity index (χ2n) is 10.1. The van der Waals surface area contributed by atoms with Crippen molar-refractivity contribution >= 4 is 28.4 Å². The summed E-state index contributed by atoms with van der Waals surface area (Å²) in [7, 11) is 5.22. The second kappa shape index (κ2) is 9.93. The molecule has 2 heterocycles. The highest BCUT2D eigenvalue weighted by Gasteiger charge is 2.47. The molecule has 2 aliphatic rings. The number of methoxy groups -OCH3 is 2. The van der Waals surface area contributed by atoms with E-state index >= 15 is 0 Å². The van der Waals surface area contributed by atoms with Gasteiger partial charge in [0, 0.05) is 29.6 Å². The van der Waals surface area contributed by atoms with Gasteiger partial charge in [-0.15, -0.1) is 0 Å². The molecular weight excluding hydrogens is 452 g/mol. The normalized spacial score (nSPS) is 18.0. The maximum atomic E-state index is 9.36. The van der Waals surface area contributed by atoms with Gasteiger partial charge in [0.25, 0.3) is 0 Å². The molecule has 2 aromatic carbocycles. The van der Waals surface area contributed by atoms with Crippen LogP contribution >= 0.6 is 0 Å². The largest absolute Gasteiger partial charge is 0.493 e. The fourth-order valence-electron chi connectivity index (χ4n) is 5.79. The Labute approximate surface area is 212 Å². The van der Waals surface area contributed by atoms with Gasteiger partial charge < -0.3 is 30.8 Å². The molecule has 8 heteroatoms. The standard InChI is InChI=1S/C28H36N6O2/c1-34(27-32-22-17-24(36-3)23(35-2)16-20(22)26(30)33-27)25(21(29)15-18-9-10-18)28(11-13-31-14-12-28)19-7-5-4-6-8-19/h4-8,16-18,25,29,31H,9-15H2,1-3H3,(H2,30,32,33). The van der Waals surface area contributed by atoms with E-state index in [1.165, 1.54) is 18.4 Å². The van der Waals surface area contributed by atoms with Gasteiger partial charge >= 0.3 is 0 Å². The number of nitrogens with one attached hydrogen (secondary N) is 2. The summed E-state index contributed by atoms with van der Waals surface area (Å²) in [6, 6.07) is 14.2. The number of rotatable bonds is 9. The number of benzene rings is 2. The number of hydrogen-bond acceptors (Lipinski definition) is 8. The molecule has 1 unspecified atom stereocenters. The molecule has 0 amide bonds. The molecule has 0 spiro atoms. The number of nitrogens with zero attached hydrogens (tertiary/aromatic N) is 3. The van der Waals surface area contributed by atoms with Gasteiger partial charge in [0.15, 0.2) is 11.5 Å². The number of nitrogen functional groups attached to an aromatic ring is 1. The molecular formula is C28H36N6O2. The summed E-state index contributed by atoms with van der Waals surface area (Å²) >= 11 is 0. The smallest absolute Gasteiger partial charge is 0.228 e. The summed E-state index contributed by atoms with van der Waals surface area (Å²) < 4.78 is 11.0. The molecule has 36 heavy (non-hydrogen) atoms.